The zero-order chi connectivity index (χ0) is 8.53. The van der Waals surface area contributed by atoms with Crippen LogP contribution < -0.4 is 1.66 Å². The summed E-state index contributed by atoms with van der Waals surface area (Å²) in [4.78, 5) is 6.99. The molecule has 0 saturated carbocycles. The van der Waals surface area contributed by atoms with Gasteiger partial charge in [0.25, 0.3) is 0 Å². The van der Waals surface area contributed by atoms with Gasteiger partial charge in [-0.3, -0.25) is 0 Å². The minimum atomic E-state index is -0.833. The van der Waals surface area contributed by atoms with E-state index in [1.165, 1.54) is 0 Å². The summed E-state index contributed by atoms with van der Waals surface area (Å²) < 4.78 is 12.4. The van der Waals surface area contributed by atoms with E-state index in [0.717, 1.165) is 0 Å². The molecule has 11 heavy (non-hydrogen) atoms. The molecule has 0 saturated heterocycles. The molecule has 1 aromatic rings. The first-order chi connectivity index (χ1) is 5.35. The molecule has 0 fully saturated rings. The monoisotopic (exact) mass is 196 g/mol. The molecule has 0 heterocycles. The van der Waals surface area contributed by atoms with Gasteiger partial charge in [-0.05, 0) is 0 Å². The van der Waals surface area contributed by atoms with Crippen molar-refractivity contribution in [1.29, 1.82) is 0 Å². The van der Waals surface area contributed by atoms with Gasteiger partial charge in [0.05, 0.1) is 0 Å². The molecule has 4 heteroatoms. The second-order valence-corrected chi connectivity index (χ2v) is 4.46. The van der Waals surface area contributed by atoms with Crippen LogP contribution >= 0.6 is 8.69 Å². The zero-order valence-electron chi connectivity index (χ0n) is 6.40. The van der Waals surface area contributed by atoms with Gasteiger partial charge in [0, 0.05) is 0 Å². The fourth-order valence-corrected chi connectivity index (χ4v) is 1.87. The molecule has 0 aliphatic heterocycles. The molecule has 0 aliphatic carbocycles. The fourth-order valence-electron chi connectivity index (χ4n) is 0.714. The summed E-state index contributed by atoms with van der Waals surface area (Å²) in [6, 6.07) is 10.7. The average molecular weight is 196 g/mol. The molecule has 0 radical (unpaired) electrons. The van der Waals surface area contributed by atoms with Crippen LogP contribution in [0.1, 0.15) is 0 Å². The molecule has 0 spiro atoms. The predicted octanol–water partition coefficient (Wildman–Crippen LogP) is 1.25. The van der Waals surface area contributed by atoms with Gasteiger partial charge in [0.15, 0.2) is 0 Å². The van der Waals surface area contributed by atoms with Crippen LogP contribution in [0.5, 0.6) is 0 Å². The topological polar surface area (TPSA) is 37.3 Å². The third-order valence-electron chi connectivity index (χ3n) is 1.25. The Bertz CT molecular complexity index is 191. The molecule has 0 unspecified atom stereocenters. The molecule has 0 bridgehead atoms. The first-order valence-electron chi connectivity index (χ1n) is 3.35. The third-order valence-corrected chi connectivity index (χ3v) is 3.26. The summed E-state index contributed by atoms with van der Waals surface area (Å²) in [5, 5.41) is 0. The quantitative estimate of drug-likeness (QED) is 0.542. The van der Waals surface area contributed by atoms with E-state index in [1.54, 1.807) is 1.66 Å². The molecule has 0 amide bonds. The van der Waals surface area contributed by atoms with Gasteiger partial charge >= 0.3 is 77.5 Å². The van der Waals surface area contributed by atoms with Gasteiger partial charge in [-0.2, -0.15) is 0 Å². The van der Waals surface area contributed by atoms with Crippen LogP contribution in [0.2, 0.25) is 3.02 Å². The Kier molecular flexibility index (Phi) is 9.06. The predicted molar refractivity (Wildman–Crippen MR) is 47.5 cm³/mol. The Hall–Kier alpha value is 0.540. The second kappa shape index (κ2) is 8.63. The summed E-state index contributed by atoms with van der Waals surface area (Å²) in [5.74, 6) is 0. The molecule has 2 nitrogen and oxygen atoms in total. The Morgan fingerprint density at radius 2 is 1.82 bits per heavy atom. The molecule has 1 N–H and O–H groups in total. The number of hydrogen-bond acceptors (Lipinski definition) is 1. The Morgan fingerprint density at radius 3 is 2.09 bits per heavy atom. The minimum absolute atomic E-state index is 0.276. The van der Waals surface area contributed by atoms with Gasteiger partial charge in [0.2, 0.25) is 0 Å². The fraction of sp³-hybridized carbons (Fsp3) is 0.143. The number of rotatable bonds is 1. The summed E-state index contributed by atoms with van der Waals surface area (Å²) in [7, 11) is -0.833. The van der Waals surface area contributed by atoms with Crippen LogP contribution in [-0.2, 0) is 4.57 Å². The normalized spacial score (nSPS) is 7.82. The van der Waals surface area contributed by atoms with E-state index in [1.807, 2.05) is 0 Å². The van der Waals surface area contributed by atoms with E-state index in [0.29, 0.717) is 0 Å². The molecule has 1 aromatic carbocycles. The van der Waals surface area contributed by atoms with Crippen LogP contribution in [-0.4, -0.2) is 38.7 Å². The molecule has 0 aromatic heterocycles. The second-order valence-electron chi connectivity index (χ2n) is 1.92. The van der Waals surface area contributed by atoms with E-state index in [9.17, 15) is 0 Å². The van der Waals surface area contributed by atoms with Crippen molar-refractivity contribution in [1.82, 2.24) is 0 Å². The molecule has 56 valence electrons. The van der Waals surface area contributed by atoms with Gasteiger partial charge in [-0.15, -0.1) is 0 Å². The van der Waals surface area contributed by atoms with Crippen LogP contribution in [0.4, 0.5) is 0 Å². The van der Waals surface area contributed by atoms with E-state index >= 15 is 0 Å². The third kappa shape index (κ3) is 6.92. The van der Waals surface area contributed by atoms with Crippen molar-refractivity contribution in [3.05, 3.63) is 30.3 Å². The maximum absolute atomic E-state index is 8.46. The van der Waals surface area contributed by atoms with E-state index in [2.05, 4.69) is 33.4 Å². The van der Waals surface area contributed by atoms with E-state index in [4.69, 9.17) is 9.46 Å². The number of benzene rings is 1. The van der Waals surface area contributed by atoms with Crippen LogP contribution in [0.3, 0.4) is 0 Å². The van der Waals surface area contributed by atoms with Crippen molar-refractivity contribution in [3.8, 4) is 0 Å². The summed E-state index contributed by atoms with van der Waals surface area (Å²) >= 11 is -0.276. The van der Waals surface area contributed by atoms with Crippen LogP contribution in [0.25, 0.3) is 0 Å². The summed E-state index contributed by atoms with van der Waals surface area (Å²) in [6.45, 7) is 0. The summed E-state index contributed by atoms with van der Waals surface area (Å²) in [6.07, 6.45) is 0. The molecule has 0 atom stereocenters. The first-order valence-corrected chi connectivity index (χ1v) is 7.43. The molecule has 0 aliphatic rings. The van der Waals surface area contributed by atoms with E-state index in [-0.39, 0.29) is 33.8 Å². The SMILES string of the molecule is O=PO.[CH3][Ca][c]1ccccc1. The van der Waals surface area contributed by atoms with Gasteiger partial charge < -0.3 is 4.89 Å². The van der Waals surface area contributed by atoms with Crippen LogP contribution in [0, 0.1) is 0 Å². The maximum atomic E-state index is 8.46. The van der Waals surface area contributed by atoms with Crippen molar-refractivity contribution >= 4 is 44.2 Å². The average Bonchev–Trinajstić information content (AvgIpc) is 2.08. The van der Waals surface area contributed by atoms with Gasteiger partial charge in [-0.25, -0.2) is 4.57 Å². The van der Waals surface area contributed by atoms with Crippen molar-refractivity contribution in [2.45, 2.75) is 3.02 Å². The van der Waals surface area contributed by atoms with Crippen molar-refractivity contribution in [2.24, 2.45) is 0 Å². The van der Waals surface area contributed by atoms with Gasteiger partial charge in [-0.1, -0.05) is 0 Å². The van der Waals surface area contributed by atoms with Crippen LogP contribution in [0.15, 0.2) is 30.3 Å². The molecule has 1 rings (SSSR count). The Morgan fingerprint density at radius 1 is 1.36 bits per heavy atom. The summed E-state index contributed by atoms with van der Waals surface area (Å²) in [5.41, 5.74) is 0. The molecular weight excluding hydrogens is 187 g/mol. The molecular formula is C7H9CaO2P. The van der Waals surface area contributed by atoms with Crippen molar-refractivity contribution in [3.63, 3.8) is 0 Å². The van der Waals surface area contributed by atoms with Gasteiger partial charge in [0.1, 0.15) is 0 Å². The van der Waals surface area contributed by atoms with Crippen molar-refractivity contribution in [2.75, 3.05) is 0 Å². The van der Waals surface area contributed by atoms with E-state index < -0.39 is 8.69 Å². The van der Waals surface area contributed by atoms with Crippen molar-refractivity contribution < 1.29 is 9.46 Å². The Labute approximate surface area is 86.2 Å². The number of hydrogen-bond donors (Lipinski definition) is 1. The Balaban J connectivity index is 0.000000292. The first kappa shape index (κ1) is 11.5. The zero-order valence-corrected chi connectivity index (χ0v) is 9.50. The standard InChI is InChI=1S/C6H5.CH3.Ca.HO2P/c1-2-4-6-5-3-1;;;1-3-2/h1-5H;1H3;;(H,1,2).